The summed E-state index contributed by atoms with van der Waals surface area (Å²) in [5, 5.41) is 0. The van der Waals surface area contributed by atoms with Crippen molar-refractivity contribution in [3.05, 3.63) is 203 Å². The van der Waals surface area contributed by atoms with Crippen LogP contribution in [0.4, 0.5) is 0 Å². The SMILES string of the molecule is C=CC.C=Cc1ccccc1.CC.CC.CC(=O)/C=C/c1ccccc1.CC1(C)COC1.CCC1(C)COC1.CCc1ccc(CC2(C)COC2)cc1.CCc1ccc(CC2(CC)COC2)cc1.c1ccc2c(c1)CC2. The third-order valence-corrected chi connectivity index (χ3v) is 13.4. The van der Waals surface area contributed by atoms with Crippen LogP contribution in [0.2, 0.25) is 0 Å². The van der Waals surface area contributed by atoms with E-state index in [1.807, 2.05) is 107 Å². The monoisotopic (exact) mass is 1040 g/mol. The lowest BCUT2D eigenvalue weighted by atomic mass is 9.77. The number of aryl methyl sites for hydroxylation is 4. The molecular weight excluding hydrogens is 933 g/mol. The van der Waals surface area contributed by atoms with Gasteiger partial charge in [-0.3, -0.25) is 4.79 Å². The quantitative estimate of drug-likeness (QED) is 0.0975. The van der Waals surface area contributed by atoms with E-state index >= 15 is 0 Å². The summed E-state index contributed by atoms with van der Waals surface area (Å²) in [5.74, 6) is 0.0776. The molecule has 0 aromatic heterocycles. The van der Waals surface area contributed by atoms with Crippen molar-refractivity contribution in [2.45, 2.75) is 148 Å². The highest BCUT2D eigenvalue weighted by atomic mass is 16.5. The van der Waals surface area contributed by atoms with Crippen LogP contribution in [0.3, 0.4) is 0 Å². The topological polar surface area (TPSA) is 54.0 Å². The van der Waals surface area contributed by atoms with E-state index in [0.29, 0.717) is 21.7 Å². The zero-order valence-corrected chi connectivity index (χ0v) is 50.3. The van der Waals surface area contributed by atoms with Crippen LogP contribution in [-0.2, 0) is 62.3 Å². The molecule has 1 aliphatic carbocycles. The molecule has 0 bridgehead atoms. The van der Waals surface area contributed by atoms with Crippen molar-refractivity contribution in [3.8, 4) is 0 Å². The smallest absolute Gasteiger partial charge is 0.152 e. The summed E-state index contributed by atoms with van der Waals surface area (Å²) in [6.07, 6.45) is 16.6. The molecule has 76 heavy (non-hydrogen) atoms. The summed E-state index contributed by atoms with van der Waals surface area (Å²) in [4.78, 5) is 10.5. The normalized spacial score (nSPS) is 16.1. The molecule has 10 rings (SSSR count). The van der Waals surface area contributed by atoms with Gasteiger partial charge in [0.25, 0.3) is 0 Å². The molecule has 5 heteroatoms. The Kier molecular flexibility index (Phi) is 35.5. The first-order chi connectivity index (χ1) is 36.6. The van der Waals surface area contributed by atoms with E-state index in [-0.39, 0.29) is 5.78 Å². The molecule has 5 aromatic rings. The Morgan fingerprint density at radius 3 is 1.08 bits per heavy atom. The van der Waals surface area contributed by atoms with E-state index in [1.165, 1.54) is 59.9 Å². The Bertz CT molecular complexity index is 2220. The summed E-state index contributed by atoms with van der Waals surface area (Å²) in [5.41, 5.74) is 12.9. The highest BCUT2D eigenvalue weighted by Gasteiger charge is 2.36. The fourth-order valence-electron chi connectivity index (χ4n) is 7.76. The minimum atomic E-state index is 0.0776. The summed E-state index contributed by atoms with van der Waals surface area (Å²) in [6.45, 7) is 43.8. The Labute approximate surface area is 465 Å². The Morgan fingerprint density at radius 1 is 0.487 bits per heavy atom. The Hall–Kier alpha value is -5.17. The Morgan fingerprint density at radius 2 is 0.842 bits per heavy atom. The van der Waals surface area contributed by atoms with Crippen LogP contribution < -0.4 is 0 Å². The lowest BCUT2D eigenvalue weighted by molar-refractivity contribution is -0.114. The van der Waals surface area contributed by atoms with Crippen molar-refractivity contribution < 1.29 is 23.7 Å². The van der Waals surface area contributed by atoms with Crippen LogP contribution in [-0.4, -0.2) is 58.6 Å². The van der Waals surface area contributed by atoms with E-state index in [9.17, 15) is 4.79 Å². The average Bonchev–Trinajstić information content (AvgIpc) is 3.41. The van der Waals surface area contributed by atoms with E-state index in [1.54, 1.807) is 30.2 Å². The van der Waals surface area contributed by atoms with Gasteiger partial charge in [-0.05, 0) is 116 Å². The van der Waals surface area contributed by atoms with Gasteiger partial charge >= 0.3 is 0 Å². The molecule has 0 amide bonds. The largest absolute Gasteiger partial charge is 0.380 e. The third kappa shape index (κ3) is 28.3. The first kappa shape index (κ1) is 68.8. The van der Waals surface area contributed by atoms with E-state index in [0.717, 1.165) is 77.7 Å². The van der Waals surface area contributed by atoms with Crippen LogP contribution in [0.25, 0.3) is 12.2 Å². The number of carbonyl (C=O) groups is 1. The molecule has 5 aromatic carbocycles. The number of hydrogen-bond donors (Lipinski definition) is 0. The van der Waals surface area contributed by atoms with Crippen LogP contribution >= 0.6 is 0 Å². The van der Waals surface area contributed by atoms with Crippen molar-refractivity contribution in [2.24, 2.45) is 21.7 Å². The van der Waals surface area contributed by atoms with Gasteiger partial charge in [-0.25, -0.2) is 0 Å². The van der Waals surface area contributed by atoms with Gasteiger partial charge in [-0.1, -0.05) is 241 Å². The maximum atomic E-state index is 10.5. The number of benzene rings is 5. The lowest BCUT2D eigenvalue weighted by Crippen LogP contribution is -2.43. The predicted octanol–water partition coefficient (Wildman–Crippen LogP) is 18.2. The molecule has 0 saturated carbocycles. The number of rotatable bonds is 11. The standard InChI is InChI=1S/C14H20O.C13H18O.C10H10O.2C8H8.C6H12O.C5H10O.C3H6.2C2H6/c1-3-12-5-7-13(8-6-12)9-14(4-2)10-15-11-14;1-3-11-4-6-12(7-5-11)8-13(2)9-14-10-13;1-9(11)7-8-10-5-3-2-4-6-10;1-2-4-8-6-5-7(8)3-1;1-2-8-6-4-3-5-7-8;1-3-6(2)4-7-5-6;1-5(2)3-6-4-5;1-3-2;2*1-2/h5-8H,3-4,9-11H2,1-2H3;4-7H,3,8-10H2,1-2H3;2-8H,1H3;1-4H,5-6H2;2-7H,1H2;3-5H2,1-2H3;3-4H2,1-2H3;3H,1H2,2H3;2*1-2H3/b;;8-7+;;;;;;;. The first-order valence-electron chi connectivity index (χ1n) is 28.6. The second-order valence-electron chi connectivity index (χ2n) is 21.3. The Balaban J connectivity index is 0.000000443. The molecule has 5 nitrogen and oxygen atoms in total. The molecule has 0 spiro atoms. The summed E-state index contributed by atoms with van der Waals surface area (Å²) < 4.78 is 20.6. The van der Waals surface area contributed by atoms with Gasteiger partial charge in [0.2, 0.25) is 0 Å². The fourth-order valence-corrected chi connectivity index (χ4v) is 7.76. The maximum Gasteiger partial charge on any atom is 0.152 e. The summed E-state index contributed by atoms with van der Waals surface area (Å²) in [7, 11) is 0. The summed E-state index contributed by atoms with van der Waals surface area (Å²) >= 11 is 0. The number of allylic oxidation sites excluding steroid dienone is 2. The van der Waals surface area contributed by atoms with Crippen LogP contribution in [0.15, 0.2) is 159 Å². The molecule has 4 saturated heterocycles. The molecule has 5 aliphatic rings. The highest BCUT2D eigenvalue weighted by Crippen LogP contribution is 2.35. The number of hydrogen-bond acceptors (Lipinski definition) is 5. The molecule has 4 fully saturated rings. The second kappa shape index (κ2) is 39.2. The number of ether oxygens (including phenoxy) is 4. The van der Waals surface area contributed by atoms with Gasteiger partial charge < -0.3 is 18.9 Å². The van der Waals surface area contributed by atoms with Gasteiger partial charge in [0, 0.05) is 21.7 Å². The minimum Gasteiger partial charge on any atom is -0.380 e. The molecule has 0 radical (unpaired) electrons. The van der Waals surface area contributed by atoms with Gasteiger partial charge in [-0.15, -0.1) is 6.58 Å². The molecule has 0 N–H and O–H groups in total. The van der Waals surface area contributed by atoms with E-state index in [4.69, 9.17) is 18.9 Å². The van der Waals surface area contributed by atoms with Gasteiger partial charge in [0.1, 0.15) is 0 Å². The minimum absolute atomic E-state index is 0.0776. The lowest BCUT2D eigenvalue weighted by Gasteiger charge is -2.41. The summed E-state index contributed by atoms with van der Waals surface area (Å²) in [6, 6.07) is 46.4. The number of ketones is 1. The van der Waals surface area contributed by atoms with E-state index in [2.05, 4.69) is 141 Å². The maximum absolute atomic E-state index is 10.5. The van der Waals surface area contributed by atoms with Crippen LogP contribution in [0.1, 0.15) is 154 Å². The molecule has 0 unspecified atom stereocenters. The fraction of sp³-hybridized carbons (Fsp3) is 0.479. The predicted molar refractivity (Wildman–Crippen MR) is 330 cm³/mol. The second-order valence-corrected chi connectivity index (χ2v) is 21.3. The van der Waals surface area contributed by atoms with Crippen molar-refractivity contribution in [1.29, 1.82) is 0 Å². The van der Waals surface area contributed by atoms with Crippen molar-refractivity contribution in [1.82, 2.24) is 0 Å². The van der Waals surface area contributed by atoms with E-state index < -0.39 is 0 Å². The third-order valence-electron chi connectivity index (χ3n) is 13.4. The number of fused-ring (bicyclic) bond motifs is 1. The molecule has 4 heterocycles. The van der Waals surface area contributed by atoms with Gasteiger partial charge in [0.15, 0.2) is 5.78 Å². The number of carbonyl (C=O) groups excluding carboxylic acids is 1. The van der Waals surface area contributed by atoms with Gasteiger partial charge in [-0.2, -0.15) is 0 Å². The van der Waals surface area contributed by atoms with Crippen LogP contribution in [0.5, 0.6) is 0 Å². The average molecular weight is 1040 g/mol. The first-order valence-corrected chi connectivity index (χ1v) is 28.6. The molecule has 0 atom stereocenters. The highest BCUT2D eigenvalue weighted by molar-refractivity contribution is 5.91. The molecular formula is C71H104O5. The zero-order chi connectivity index (χ0) is 56.7. The van der Waals surface area contributed by atoms with Crippen LogP contribution in [0, 0.1) is 21.7 Å². The zero-order valence-electron chi connectivity index (χ0n) is 50.3. The van der Waals surface area contributed by atoms with Crippen molar-refractivity contribution in [2.75, 3.05) is 52.9 Å². The van der Waals surface area contributed by atoms with Crippen molar-refractivity contribution in [3.63, 3.8) is 0 Å². The van der Waals surface area contributed by atoms with Gasteiger partial charge in [0.05, 0.1) is 52.9 Å². The van der Waals surface area contributed by atoms with Crippen molar-refractivity contribution >= 4 is 17.9 Å². The molecule has 4 aliphatic heterocycles. The molecule has 418 valence electrons.